The summed E-state index contributed by atoms with van der Waals surface area (Å²) in [5.74, 6) is 1.61. The molecule has 0 saturated heterocycles. The minimum Gasteiger partial charge on any atom is -0.497 e. The molecule has 13 heavy (non-hydrogen) atoms. The summed E-state index contributed by atoms with van der Waals surface area (Å²) < 4.78 is 5.03. The van der Waals surface area contributed by atoms with Crippen molar-refractivity contribution in [3.05, 3.63) is 29.8 Å². The molecule has 1 N–H and O–H groups in total. The molecular formula is C10H14O2S. The van der Waals surface area contributed by atoms with Crippen LogP contribution in [0.5, 0.6) is 5.75 Å². The normalized spacial score (nSPS) is 12.5. The van der Waals surface area contributed by atoms with Crippen LogP contribution in [0.15, 0.2) is 24.3 Å². The summed E-state index contributed by atoms with van der Waals surface area (Å²) in [5.41, 5.74) is 1.10. The van der Waals surface area contributed by atoms with Gasteiger partial charge in [0.25, 0.3) is 0 Å². The first-order valence-corrected chi connectivity index (χ1v) is 4.80. The molecule has 0 aromatic heterocycles. The fourth-order valence-corrected chi connectivity index (χ4v) is 1.47. The molecule has 1 aromatic rings. The quantitative estimate of drug-likeness (QED) is 0.721. The van der Waals surface area contributed by atoms with Gasteiger partial charge in [0, 0.05) is 5.92 Å². The number of hydrogen-bond donors (Lipinski definition) is 2. The lowest BCUT2D eigenvalue weighted by Crippen LogP contribution is -2.05. The van der Waals surface area contributed by atoms with Crippen molar-refractivity contribution in [1.82, 2.24) is 0 Å². The molecule has 0 aliphatic heterocycles. The zero-order valence-electron chi connectivity index (χ0n) is 7.60. The van der Waals surface area contributed by atoms with Crippen molar-refractivity contribution < 1.29 is 9.84 Å². The molecule has 0 bridgehead atoms. The standard InChI is InChI=1S/C10H14O2S/c1-12-10-4-2-8(3-5-10)9(6-11)7-13/h2-5,9,11,13H,6-7H2,1H3. The van der Waals surface area contributed by atoms with Gasteiger partial charge in [-0.15, -0.1) is 0 Å². The lowest BCUT2D eigenvalue weighted by Gasteiger charge is -2.11. The van der Waals surface area contributed by atoms with E-state index in [2.05, 4.69) is 12.6 Å². The Labute approximate surface area is 84.0 Å². The van der Waals surface area contributed by atoms with Crippen LogP contribution in [-0.4, -0.2) is 24.6 Å². The van der Waals surface area contributed by atoms with Crippen LogP contribution in [0.25, 0.3) is 0 Å². The molecule has 1 aromatic carbocycles. The Balaban J connectivity index is 2.78. The zero-order chi connectivity index (χ0) is 9.68. The molecule has 0 aliphatic rings. The Bertz CT molecular complexity index is 242. The van der Waals surface area contributed by atoms with Gasteiger partial charge in [-0.3, -0.25) is 0 Å². The maximum Gasteiger partial charge on any atom is 0.118 e. The van der Waals surface area contributed by atoms with Crippen molar-refractivity contribution in [2.75, 3.05) is 19.5 Å². The molecule has 72 valence electrons. The van der Waals surface area contributed by atoms with Gasteiger partial charge in [-0.25, -0.2) is 0 Å². The average molecular weight is 198 g/mol. The highest BCUT2D eigenvalue weighted by molar-refractivity contribution is 7.80. The minimum absolute atomic E-state index is 0.120. The molecule has 0 heterocycles. The lowest BCUT2D eigenvalue weighted by atomic mass is 10.0. The molecule has 0 amide bonds. The molecule has 1 rings (SSSR count). The molecule has 0 spiro atoms. The predicted octanol–water partition coefficient (Wildman–Crippen LogP) is 1.70. The van der Waals surface area contributed by atoms with E-state index in [4.69, 9.17) is 9.84 Å². The van der Waals surface area contributed by atoms with Crippen LogP contribution in [0.1, 0.15) is 11.5 Å². The maximum atomic E-state index is 9.03. The smallest absolute Gasteiger partial charge is 0.118 e. The number of aliphatic hydroxyl groups is 1. The number of aliphatic hydroxyl groups excluding tert-OH is 1. The zero-order valence-corrected chi connectivity index (χ0v) is 8.50. The Morgan fingerprint density at radius 1 is 1.38 bits per heavy atom. The van der Waals surface area contributed by atoms with Crippen molar-refractivity contribution in [3.63, 3.8) is 0 Å². The summed E-state index contributed by atoms with van der Waals surface area (Å²) >= 11 is 4.16. The summed E-state index contributed by atoms with van der Waals surface area (Å²) in [5, 5.41) is 9.03. The third-order valence-corrected chi connectivity index (χ3v) is 2.47. The highest BCUT2D eigenvalue weighted by Gasteiger charge is 2.07. The molecule has 2 nitrogen and oxygen atoms in total. The number of ether oxygens (including phenoxy) is 1. The number of thiol groups is 1. The van der Waals surface area contributed by atoms with Crippen LogP contribution in [0.2, 0.25) is 0 Å². The van der Waals surface area contributed by atoms with E-state index < -0.39 is 0 Å². The van der Waals surface area contributed by atoms with Crippen LogP contribution in [0, 0.1) is 0 Å². The van der Waals surface area contributed by atoms with Crippen molar-refractivity contribution in [1.29, 1.82) is 0 Å². The van der Waals surface area contributed by atoms with Gasteiger partial charge in [-0.05, 0) is 23.4 Å². The van der Waals surface area contributed by atoms with Gasteiger partial charge in [0.2, 0.25) is 0 Å². The molecule has 0 saturated carbocycles. The second kappa shape index (κ2) is 5.14. The molecular weight excluding hydrogens is 184 g/mol. The van der Waals surface area contributed by atoms with Crippen LogP contribution >= 0.6 is 12.6 Å². The number of hydrogen-bond acceptors (Lipinski definition) is 3. The van der Waals surface area contributed by atoms with Crippen molar-refractivity contribution in [2.24, 2.45) is 0 Å². The first kappa shape index (κ1) is 10.4. The Morgan fingerprint density at radius 2 is 2.00 bits per heavy atom. The fourth-order valence-electron chi connectivity index (χ4n) is 1.14. The average Bonchev–Trinajstić information content (AvgIpc) is 2.21. The molecule has 0 radical (unpaired) electrons. The van der Waals surface area contributed by atoms with Crippen molar-refractivity contribution in [2.45, 2.75) is 5.92 Å². The van der Waals surface area contributed by atoms with Gasteiger partial charge >= 0.3 is 0 Å². The topological polar surface area (TPSA) is 29.5 Å². The van der Waals surface area contributed by atoms with Gasteiger partial charge in [0.15, 0.2) is 0 Å². The fraction of sp³-hybridized carbons (Fsp3) is 0.400. The van der Waals surface area contributed by atoms with Crippen molar-refractivity contribution in [3.8, 4) is 5.75 Å². The Kier molecular flexibility index (Phi) is 4.12. The van der Waals surface area contributed by atoms with E-state index in [1.54, 1.807) is 7.11 Å². The van der Waals surface area contributed by atoms with Gasteiger partial charge < -0.3 is 9.84 Å². The lowest BCUT2D eigenvalue weighted by molar-refractivity contribution is 0.275. The van der Waals surface area contributed by atoms with Crippen LogP contribution < -0.4 is 4.74 Å². The van der Waals surface area contributed by atoms with E-state index >= 15 is 0 Å². The van der Waals surface area contributed by atoms with Gasteiger partial charge in [0.1, 0.15) is 5.75 Å². The van der Waals surface area contributed by atoms with E-state index in [-0.39, 0.29) is 12.5 Å². The summed E-state index contributed by atoms with van der Waals surface area (Å²) in [7, 11) is 1.64. The van der Waals surface area contributed by atoms with Gasteiger partial charge in [0.05, 0.1) is 13.7 Å². The van der Waals surface area contributed by atoms with E-state index in [0.29, 0.717) is 5.75 Å². The Morgan fingerprint density at radius 3 is 2.38 bits per heavy atom. The number of benzene rings is 1. The van der Waals surface area contributed by atoms with Crippen LogP contribution in [0.4, 0.5) is 0 Å². The predicted molar refractivity (Wildman–Crippen MR) is 56.7 cm³/mol. The first-order chi connectivity index (χ1) is 6.31. The third-order valence-electron chi connectivity index (χ3n) is 2.03. The number of rotatable bonds is 4. The van der Waals surface area contributed by atoms with E-state index in [1.165, 1.54) is 0 Å². The number of methoxy groups -OCH3 is 1. The second-order valence-corrected chi connectivity index (χ2v) is 3.20. The molecule has 1 atom stereocenters. The van der Waals surface area contributed by atoms with E-state index in [1.807, 2.05) is 24.3 Å². The van der Waals surface area contributed by atoms with Gasteiger partial charge in [-0.2, -0.15) is 12.6 Å². The molecule has 1 unspecified atom stereocenters. The maximum absolute atomic E-state index is 9.03. The highest BCUT2D eigenvalue weighted by Crippen LogP contribution is 2.19. The summed E-state index contributed by atoms with van der Waals surface area (Å²) in [6.45, 7) is 0.135. The monoisotopic (exact) mass is 198 g/mol. The second-order valence-electron chi connectivity index (χ2n) is 2.84. The molecule has 3 heteroatoms. The summed E-state index contributed by atoms with van der Waals surface area (Å²) in [4.78, 5) is 0. The SMILES string of the molecule is COc1ccc(C(CO)CS)cc1. The highest BCUT2D eigenvalue weighted by atomic mass is 32.1. The first-order valence-electron chi connectivity index (χ1n) is 4.17. The molecule has 0 aliphatic carbocycles. The van der Waals surface area contributed by atoms with Gasteiger partial charge in [-0.1, -0.05) is 12.1 Å². The van der Waals surface area contributed by atoms with Crippen LogP contribution in [-0.2, 0) is 0 Å². The van der Waals surface area contributed by atoms with E-state index in [0.717, 1.165) is 11.3 Å². The summed E-state index contributed by atoms with van der Waals surface area (Å²) in [6.07, 6.45) is 0. The molecule has 0 fully saturated rings. The largest absolute Gasteiger partial charge is 0.497 e. The van der Waals surface area contributed by atoms with Crippen LogP contribution in [0.3, 0.4) is 0 Å². The Hall–Kier alpha value is -0.670. The summed E-state index contributed by atoms with van der Waals surface area (Å²) in [6, 6.07) is 7.69. The van der Waals surface area contributed by atoms with E-state index in [9.17, 15) is 0 Å². The third kappa shape index (κ3) is 2.64. The van der Waals surface area contributed by atoms with Crippen molar-refractivity contribution >= 4 is 12.6 Å². The minimum atomic E-state index is 0.120.